The Morgan fingerprint density at radius 1 is 1.28 bits per heavy atom. The van der Waals surface area contributed by atoms with E-state index in [0.717, 1.165) is 6.07 Å². The summed E-state index contributed by atoms with van der Waals surface area (Å²) in [4.78, 5) is 8.67. The van der Waals surface area contributed by atoms with Crippen molar-refractivity contribution < 1.29 is 27.0 Å². The predicted molar refractivity (Wildman–Crippen MR) is 97.2 cm³/mol. The van der Waals surface area contributed by atoms with Crippen LogP contribution in [0.3, 0.4) is 0 Å². The lowest BCUT2D eigenvalue weighted by Gasteiger charge is -2.20. The van der Waals surface area contributed by atoms with Crippen LogP contribution < -0.4 is 11.1 Å². The maximum atomic E-state index is 14.3. The zero-order valence-electron chi connectivity index (χ0n) is 15.6. The van der Waals surface area contributed by atoms with Crippen molar-refractivity contribution in [1.82, 2.24) is 9.97 Å². The normalized spacial score (nSPS) is 14.9. The smallest absolute Gasteiger partial charge is 0.402 e. The summed E-state index contributed by atoms with van der Waals surface area (Å²) in [5.41, 5.74) is 5.59. The molecule has 1 aromatic carbocycles. The molecule has 10 heteroatoms. The van der Waals surface area contributed by atoms with Crippen LogP contribution in [-0.4, -0.2) is 23.2 Å². The van der Waals surface area contributed by atoms with Crippen molar-refractivity contribution in [3.8, 4) is 0 Å². The molecular formula is C19H20F4N4O2. The number of aryl methyl sites for hydroxylation is 1. The van der Waals surface area contributed by atoms with Crippen molar-refractivity contribution >= 4 is 5.82 Å². The van der Waals surface area contributed by atoms with E-state index in [1.165, 1.54) is 6.07 Å². The van der Waals surface area contributed by atoms with Crippen molar-refractivity contribution in [2.75, 3.05) is 18.5 Å². The molecule has 1 aliphatic rings. The van der Waals surface area contributed by atoms with E-state index in [0.29, 0.717) is 42.1 Å². The van der Waals surface area contributed by atoms with E-state index in [1.807, 2.05) is 0 Å². The van der Waals surface area contributed by atoms with Gasteiger partial charge in [-0.3, -0.25) is 0 Å². The molecule has 0 amide bonds. The van der Waals surface area contributed by atoms with E-state index in [9.17, 15) is 17.6 Å². The van der Waals surface area contributed by atoms with Gasteiger partial charge >= 0.3 is 6.18 Å². The van der Waals surface area contributed by atoms with Crippen molar-refractivity contribution in [3.05, 3.63) is 64.5 Å². The first-order valence-corrected chi connectivity index (χ1v) is 8.79. The largest absolute Gasteiger partial charge is 0.419 e. The molecule has 0 atom stereocenters. The molecule has 2 aromatic rings. The molecule has 1 fully saturated rings. The average molecular weight is 412 g/mol. The van der Waals surface area contributed by atoms with Crippen molar-refractivity contribution in [1.29, 1.82) is 0 Å². The number of alkyl halides is 3. The second-order valence-corrected chi connectivity index (χ2v) is 6.52. The van der Waals surface area contributed by atoms with E-state index >= 15 is 0 Å². The molecule has 2 heterocycles. The highest BCUT2D eigenvalue weighted by atomic mass is 19.4. The quantitative estimate of drug-likeness (QED) is 0.706. The number of hydrogen-bond donors (Lipinski definition) is 2. The number of nitrogens with two attached hydrogens (primary N) is 1. The fraction of sp³-hybridized carbons (Fsp3) is 0.368. The number of allylic oxidation sites excluding steroid dienone is 1. The van der Waals surface area contributed by atoms with Gasteiger partial charge in [-0.25, -0.2) is 14.4 Å². The summed E-state index contributed by atoms with van der Waals surface area (Å²) >= 11 is 0. The Labute approximate surface area is 164 Å². The molecule has 3 N–H and O–H groups in total. The van der Waals surface area contributed by atoms with Gasteiger partial charge in [-0.1, -0.05) is 18.7 Å². The van der Waals surface area contributed by atoms with Gasteiger partial charge in [-0.2, -0.15) is 13.2 Å². The minimum absolute atomic E-state index is 0.153. The predicted octanol–water partition coefficient (Wildman–Crippen LogP) is 3.62. The van der Waals surface area contributed by atoms with Crippen LogP contribution in [0, 0.1) is 12.7 Å². The van der Waals surface area contributed by atoms with Crippen molar-refractivity contribution in [2.24, 2.45) is 5.73 Å². The van der Waals surface area contributed by atoms with E-state index in [2.05, 4.69) is 21.9 Å². The summed E-state index contributed by atoms with van der Waals surface area (Å²) < 4.78 is 64.3. The lowest BCUT2D eigenvalue weighted by molar-refractivity contribution is -0.140. The van der Waals surface area contributed by atoms with Gasteiger partial charge in [0.2, 0.25) is 0 Å². The molecule has 0 aliphatic carbocycles. The minimum Gasteiger partial charge on any atom is -0.402 e. The topological polar surface area (TPSA) is 82.3 Å². The van der Waals surface area contributed by atoms with Gasteiger partial charge in [-0.05, 0) is 13.0 Å². The summed E-state index contributed by atoms with van der Waals surface area (Å²) in [5.74, 6) is -0.656. The lowest BCUT2D eigenvalue weighted by Crippen LogP contribution is -2.17. The number of halogens is 4. The molecule has 3 rings (SSSR count). The number of ether oxygens (including phenoxy) is 2. The number of anilines is 1. The Bertz CT molecular complexity index is 912. The van der Waals surface area contributed by atoms with Gasteiger partial charge in [0.15, 0.2) is 6.29 Å². The van der Waals surface area contributed by atoms with Crippen molar-refractivity contribution in [3.63, 3.8) is 0 Å². The van der Waals surface area contributed by atoms with Gasteiger partial charge < -0.3 is 20.5 Å². The molecule has 1 aliphatic heterocycles. The Balaban J connectivity index is 1.95. The number of benzene rings is 1. The zero-order chi connectivity index (χ0) is 21.2. The summed E-state index contributed by atoms with van der Waals surface area (Å²) in [5, 5.41) is 2.89. The van der Waals surface area contributed by atoms with Gasteiger partial charge in [0, 0.05) is 24.2 Å². The molecule has 1 aromatic heterocycles. The third kappa shape index (κ3) is 4.83. The van der Waals surface area contributed by atoms with Crippen LogP contribution in [-0.2, 0) is 28.6 Å². The van der Waals surface area contributed by atoms with Crippen molar-refractivity contribution in [2.45, 2.75) is 32.4 Å². The molecule has 29 heavy (non-hydrogen) atoms. The number of hydrogen-bond acceptors (Lipinski definition) is 6. The maximum absolute atomic E-state index is 14.3. The summed E-state index contributed by atoms with van der Waals surface area (Å²) in [6, 6.07) is 3.13. The second kappa shape index (κ2) is 8.34. The number of nitrogens with one attached hydrogen (secondary N) is 1. The fourth-order valence-corrected chi connectivity index (χ4v) is 3.01. The molecule has 0 bridgehead atoms. The molecule has 156 valence electrons. The Morgan fingerprint density at radius 3 is 2.59 bits per heavy atom. The maximum Gasteiger partial charge on any atom is 0.419 e. The highest BCUT2D eigenvalue weighted by Gasteiger charge is 2.35. The molecule has 6 nitrogen and oxygen atoms in total. The first-order chi connectivity index (χ1) is 13.7. The van der Waals surface area contributed by atoms with E-state index in [-0.39, 0.29) is 24.3 Å². The fourth-order valence-electron chi connectivity index (χ4n) is 3.01. The first-order valence-electron chi connectivity index (χ1n) is 8.79. The third-order valence-electron chi connectivity index (χ3n) is 4.22. The van der Waals surface area contributed by atoms with Crippen LogP contribution in [0.25, 0.3) is 0 Å². The zero-order valence-corrected chi connectivity index (χ0v) is 15.6. The van der Waals surface area contributed by atoms with Crippen LogP contribution in [0.2, 0.25) is 0 Å². The highest BCUT2D eigenvalue weighted by molar-refractivity contribution is 5.49. The second-order valence-electron chi connectivity index (χ2n) is 6.52. The molecule has 0 unspecified atom stereocenters. The standard InChI is InChI=1S/C19H20F4N4O2/c1-10(24)8-14-15(18-28-6-7-29-18)17(27-11(2)26-14)25-9-12-4-3-5-13(16(12)20)19(21,22)23/h3-5,18H,1,6-9,24H2,2H3,(H,25,26,27). The van der Waals surface area contributed by atoms with Crippen LogP contribution in [0.4, 0.5) is 23.4 Å². The van der Waals surface area contributed by atoms with E-state index in [1.54, 1.807) is 6.92 Å². The van der Waals surface area contributed by atoms with Crippen LogP contribution >= 0.6 is 0 Å². The molecule has 1 saturated heterocycles. The first kappa shape index (κ1) is 21.0. The van der Waals surface area contributed by atoms with Gasteiger partial charge in [0.05, 0.1) is 30.0 Å². The van der Waals surface area contributed by atoms with Gasteiger partial charge in [0.1, 0.15) is 17.5 Å². The van der Waals surface area contributed by atoms with Crippen LogP contribution in [0.1, 0.15) is 34.5 Å². The monoisotopic (exact) mass is 412 g/mol. The number of rotatable bonds is 6. The summed E-state index contributed by atoms with van der Waals surface area (Å²) in [6.07, 6.45) is -5.32. The number of aromatic nitrogens is 2. The van der Waals surface area contributed by atoms with E-state index in [4.69, 9.17) is 15.2 Å². The Hall–Kier alpha value is -2.72. The minimum atomic E-state index is -4.78. The average Bonchev–Trinajstić information content (AvgIpc) is 3.13. The summed E-state index contributed by atoms with van der Waals surface area (Å²) in [6.45, 7) is 5.83. The van der Waals surface area contributed by atoms with E-state index < -0.39 is 23.8 Å². The molecular weight excluding hydrogens is 392 g/mol. The SMILES string of the molecule is C=C(N)Cc1nc(C)nc(NCc2cccc(C(F)(F)F)c2F)c1C1OCCO1. The highest BCUT2D eigenvalue weighted by Crippen LogP contribution is 2.34. The Kier molecular flexibility index (Phi) is 6.04. The molecule has 0 radical (unpaired) electrons. The lowest BCUT2D eigenvalue weighted by atomic mass is 10.1. The van der Waals surface area contributed by atoms with Gasteiger partial charge in [0.25, 0.3) is 0 Å². The van der Waals surface area contributed by atoms with Gasteiger partial charge in [-0.15, -0.1) is 0 Å². The number of nitrogens with zero attached hydrogens (tertiary/aromatic N) is 2. The Morgan fingerprint density at radius 2 is 1.97 bits per heavy atom. The summed E-state index contributed by atoms with van der Waals surface area (Å²) in [7, 11) is 0. The van der Waals surface area contributed by atoms with Crippen LogP contribution in [0.15, 0.2) is 30.5 Å². The van der Waals surface area contributed by atoms with Crippen LogP contribution in [0.5, 0.6) is 0 Å². The molecule has 0 saturated carbocycles. The third-order valence-corrected chi connectivity index (χ3v) is 4.22. The molecule has 0 spiro atoms.